The highest BCUT2D eigenvalue weighted by molar-refractivity contribution is 5.83. The van der Waals surface area contributed by atoms with E-state index in [0.29, 0.717) is 16.9 Å². The molecule has 1 heterocycles. The first-order valence-electron chi connectivity index (χ1n) is 4.39. The number of nitrogens with two attached hydrogens (primary N) is 1. The van der Waals surface area contributed by atoms with E-state index in [2.05, 4.69) is 4.98 Å². The van der Waals surface area contributed by atoms with E-state index in [9.17, 15) is 10.1 Å². The monoisotopic (exact) mass is 203 g/mol. The minimum Gasteiger partial charge on any atom is -0.384 e. The second-order valence-electron chi connectivity index (χ2n) is 3.32. The van der Waals surface area contributed by atoms with Gasteiger partial charge in [-0.05, 0) is 25.1 Å². The van der Waals surface area contributed by atoms with Crippen molar-refractivity contribution in [1.82, 2.24) is 4.98 Å². The van der Waals surface area contributed by atoms with Crippen molar-refractivity contribution >= 4 is 22.4 Å². The van der Waals surface area contributed by atoms with Crippen LogP contribution in [0.2, 0.25) is 0 Å². The number of hydrogen-bond donors (Lipinski definition) is 1. The lowest BCUT2D eigenvalue weighted by molar-refractivity contribution is -0.385. The number of anilines is 1. The van der Waals surface area contributed by atoms with Gasteiger partial charge < -0.3 is 5.73 Å². The van der Waals surface area contributed by atoms with Crippen LogP contribution in [0.5, 0.6) is 0 Å². The van der Waals surface area contributed by atoms with Crippen molar-refractivity contribution in [3.05, 3.63) is 39.9 Å². The summed E-state index contributed by atoms with van der Waals surface area (Å²) in [6.07, 6.45) is 0. The molecule has 5 heteroatoms. The third-order valence-corrected chi connectivity index (χ3v) is 2.23. The molecular formula is C10H9N3O2. The Morgan fingerprint density at radius 3 is 2.80 bits per heavy atom. The predicted molar refractivity (Wildman–Crippen MR) is 57.5 cm³/mol. The number of aromatic nitrogens is 1. The summed E-state index contributed by atoms with van der Waals surface area (Å²) in [5.74, 6) is 0.413. The molecule has 0 saturated carbocycles. The van der Waals surface area contributed by atoms with Crippen LogP contribution in [0.1, 0.15) is 5.56 Å². The number of rotatable bonds is 1. The van der Waals surface area contributed by atoms with Crippen molar-refractivity contribution in [2.75, 3.05) is 5.73 Å². The minimum absolute atomic E-state index is 0.106. The van der Waals surface area contributed by atoms with Crippen LogP contribution in [0.25, 0.3) is 10.9 Å². The van der Waals surface area contributed by atoms with E-state index in [1.165, 1.54) is 6.07 Å². The number of fused-ring (bicyclic) bond motifs is 1. The van der Waals surface area contributed by atoms with Gasteiger partial charge in [0.1, 0.15) is 5.82 Å². The van der Waals surface area contributed by atoms with E-state index < -0.39 is 4.92 Å². The highest BCUT2D eigenvalue weighted by atomic mass is 16.6. The number of nitro benzene ring substituents is 1. The molecule has 0 spiro atoms. The lowest BCUT2D eigenvalue weighted by atomic mass is 10.1. The molecule has 2 rings (SSSR count). The lowest BCUT2D eigenvalue weighted by Crippen LogP contribution is -1.94. The molecule has 0 saturated heterocycles. The molecule has 1 aromatic carbocycles. The quantitative estimate of drug-likeness (QED) is 0.567. The van der Waals surface area contributed by atoms with Crippen LogP contribution in [0, 0.1) is 17.0 Å². The standard InChI is InChI=1S/C10H9N3O2/c1-6-4-8-7(2-3-10(11)12-8)5-9(6)13(14)15/h2-5H,1H3,(H2,11,12). The molecule has 0 aliphatic rings. The summed E-state index contributed by atoms with van der Waals surface area (Å²) in [5, 5.41) is 11.4. The van der Waals surface area contributed by atoms with Gasteiger partial charge in [0.05, 0.1) is 10.4 Å². The second-order valence-corrected chi connectivity index (χ2v) is 3.32. The van der Waals surface area contributed by atoms with Crippen LogP contribution in [-0.4, -0.2) is 9.91 Å². The average Bonchev–Trinajstić information content (AvgIpc) is 2.15. The molecule has 0 aliphatic carbocycles. The van der Waals surface area contributed by atoms with Gasteiger partial charge in [-0.15, -0.1) is 0 Å². The van der Waals surface area contributed by atoms with Gasteiger partial charge in [0, 0.05) is 17.0 Å². The summed E-state index contributed by atoms with van der Waals surface area (Å²) < 4.78 is 0. The number of nitro groups is 1. The molecule has 2 aromatic rings. The van der Waals surface area contributed by atoms with Gasteiger partial charge in [0.2, 0.25) is 0 Å². The topological polar surface area (TPSA) is 82.0 Å². The molecule has 0 fully saturated rings. The van der Waals surface area contributed by atoms with Gasteiger partial charge in [0.15, 0.2) is 0 Å². The molecule has 0 bridgehead atoms. The minimum atomic E-state index is -0.398. The van der Waals surface area contributed by atoms with E-state index in [1.54, 1.807) is 25.1 Å². The molecule has 0 radical (unpaired) electrons. The molecule has 1 aromatic heterocycles. The third kappa shape index (κ3) is 1.59. The number of aryl methyl sites for hydroxylation is 1. The number of hydrogen-bond acceptors (Lipinski definition) is 4. The molecule has 0 atom stereocenters. The summed E-state index contributed by atoms with van der Waals surface area (Å²) >= 11 is 0. The van der Waals surface area contributed by atoms with E-state index in [4.69, 9.17) is 5.73 Å². The fraction of sp³-hybridized carbons (Fsp3) is 0.100. The maximum atomic E-state index is 10.7. The third-order valence-electron chi connectivity index (χ3n) is 2.23. The largest absolute Gasteiger partial charge is 0.384 e. The van der Waals surface area contributed by atoms with Crippen molar-refractivity contribution in [3.8, 4) is 0 Å². The maximum Gasteiger partial charge on any atom is 0.273 e. The van der Waals surface area contributed by atoms with Crippen LogP contribution in [0.4, 0.5) is 11.5 Å². The van der Waals surface area contributed by atoms with Gasteiger partial charge in [-0.1, -0.05) is 0 Å². The Hall–Kier alpha value is -2.17. The molecule has 0 unspecified atom stereocenters. The molecule has 0 aliphatic heterocycles. The van der Waals surface area contributed by atoms with Gasteiger partial charge >= 0.3 is 0 Å². The Balaban J connectivity index is 2.76. The zero-order chi connectivity index (χ0) is 11.0. The number of nitrogen functional groups attached to an aromatic ring is 1. The maximum absolute atomic E-state index is 10.7. The molecular weight excluding hydrogens is 194 g/mol. The smallest absolute Gasteiger partial charge is 0.273 e. The first-order valence-corrected chi connectivity index (χ1v) is 4.39. The van der Waals surface area contributed by atoms with Crippen molar-refractivity contribution in [3.63, 3.8) is 0 Å². The molecule has 0 amide bonds. The van der Waals surface area contributed by atoms with E-state index in [0.717, 1.165) is 5.39 Å². The zero-order valence-corrected chi connectivity index (χ0v) is 8.10. The first kappa shape index (κ1) is 9.39. The van der Waals surface area contributed by atoms with Crippen LogP contribution in [0.15, 0.2) is 24.3 Å². The fourth-order valence-electron chi connectivity index (χ4n) is 1.48. The lowest BCUT2D eigenvalue weighted by Gasteiger charge is -2.01. The van der Waals surface area contributed by atoms with Crippen molar-refractivity contribution in [2.45, 2.75) is 6.92 Å². The first-order chi connectivity index (χ1) is 7.08. The van der Waals surface area contributed by atoms with Crippen LogP contribution >= 0.6 is 0 Å². The molecule has 2 N–H and O–H groups in total. The van der Waals surface area contributed by atoms with E-state index in [-0.39, 0.29) is 5.69 Å². The number of benzene rings is 1. The average molecular weight is 203 g/mol. The van der Waals surface area contributed by atoms with Crippen LogP contribution in [-0.2, 0) is 0 Å². The van der Waals surface area contributed by atoms with Gasteiger partial charge in [0.25, 0.3) is 5.69 Å². The summed E-state index contributed by atoms with van der Waals surface area (Å²) in [6, 6.07) is 6.53. The Labute approximate surface area is 85.7 Å². The fourth-order valence-corrected chi connectivity index (χ4v) is 1.48. The highest BCUT2D eigenvalue weighted by Crippen LogP contribution is 2.24. The SMILES string of the molecule is Cc1cc2nc(N)ccc2cc1[N+](=O)[O-]. The zero-order valence-electron chi connectivity index (χ0n) is 8.10. The van der Waals surface area contributed by atoms with Crippen molar-refractivity contribution < 1.29 is 4.92 Å². The number of nitrogens with zero attached hydrogens (tertiary/aromatic N) is 2. The number of pyridine rings is 1. The Morgan fingerprint density at radius 1 is 1.40 bits per heavy atom. The van der Waals surface area contributed by atoms with Crippen LogP contribution in [0.3, 0.4) is 0 Å². The molecule has 76 valence electrons. The normalized spacial score (nSPS) is 10.5. The summed E-state index contributed by atoms with van der Waals surface area (Å²) in [7, 11) is 0. The van der Waals surface area contributed by atoms with Gasteiger partial charge in [-0.2, -0.15) is 0 Å². The van der Waals surface area contributed by atoms with E-state index in [1.807, 2.05) is 0 Å². The highest BCUT2D eigenvalue weighted by Gasteiger charge is 2.11. The van der Waals surface area contributed by atoms with Gasteiger partial charge in [-0.25, -0.2) is 4.98 Å². The summed E-state index contributed by atoms with van der Waals surface area (Å²) in [5.41, 5.74) is 6.90. The molecule has 5 nitrogen and oxygen atoms in total. The van der Waals surface area contributed by atoms with Gasteiger partial charge in [-0.3, -0.25) is 10.1 Å². The van der Waals surface area contributed by atoms with Crippen molar-refractivity contribution in [1.29, 1.82) is 0 Å². The molecule has 15 heavy (non-hydrogen) atoms. The second kappa shape index (κ2) is 3.20. The Morgan fingerprint density at radius 2 is 2.13 bits per heavy atom. The predicted octanol–water partition coefficient (Wildman–Crippen LogP) is 2.03. The van der Waals surface area contributed by atoms with Crippen molar-refractivity contribution in [2.24, 2.45) is 0 Å². The van der Waals surface area contributed by atoms with E-state index >= 15 is 0 Å². The Bertz CT molecular complexity index is 552. The Kier molecular flexibility index (Phi) is 2.00. The summed E-state index contributed by atoms with van der Waals surface area (Å²) in [4.78, 5) is 14.4. The summed E-state index contributed by atoms with van der Waals surface area (Å²) in [6.45, 7) is 1.68. The van der Waals surface area contributed by atoms with Crippen LogP contribution < -0.4 is 5.73 Å².